The molecule has 1 aromatic rings. The maximum absolute atomic E-state index is 12.9. The van der Waals surface area contributed by atoms with Gasteiger partial charge in [0.1, 0.15) is 17.3 Å². The van der Waals surface area contributed by atoms with Crippen molar-refractivity contribution in [2.24, 2.45) is 5.92 Å². The van der Waals surface area contributed by atoms with E-state index in [4.69, 9.17) is 4.74 Å². The molecule has 1 aliphatic heterocycles. The van der Waals surface area contributed by atoms with Crippen LogP contribution in [0.15, 0.2) is 24.3 Å². The molecule has 5 heteroatoms. The molecule has 2 aliphatic rings. The first-order chi connectivity index (χ1) is 9.97. The monoisotopic (exact) mass is 288 g/mol. The Bertz CT molecular complexity index is 580. The van der Waals surface area contributed by atoms with Crippen molar-refractivity contribution < 1.29 is 14.3 Å². The highest BCUT2D eigenvalue weighted by Gasteiger charge is 2.54. The molecule has 0 bridgehead atoms. The molecule has 1 aliphatic carbocycles. The molecule has 0 aromatic heterocycles. The minimum absolute atomic E-state index is 0.0257. The minimum atomic E-state index is -0.774. The number of hydrogen-bond donors (Lipinski definition) is 1. The van der Waals surface area contributed by atoms with Crippen molar-refractivity contribution in [3.63, 3.8) is 0 Å². The van der Waals surface area contributed by atoms with Crippen LogP contribution in [0, 0.1) is 5.92 Å². The lowest BCUT2D eigenvalue weighted by Gasteiger charge is -2.43. The zero-order valence-electron chi connectivity index (χ0n) is 12.6. The molecule has 2 unspecified atom stereocenters. The summed E-state index contributed by atoms with van der Waals surface area (Å²) < 4.78 is 5.14. The number of carbonyl (C=O) groups is 2. The van der Waals surface area contributed by atoms with Crippen molar-refractivity contribution in [2.75, 3.05) is 12.0 Å². The van der Waals surface area contributed by atoms with E-state index in [-0.39, 0.29) is 17.7 Å². The molecule has 2 fully saturated rings. The topological polar surface area (TPSA) is 58.6 Å². The molecular weight excluding hydrogens is 268 g/mol. The van der Waals surface area contributed by atoms with Gasteiger partial charge in [-0.25, -0.2) is 0 Å². The summed E-state index contributed by atoms with van der Waals surface area (Å²) in [6, 6.07) is 6.74. The quantitative estimate of drug-likeness (QED) is 0.921. The van der Waals surface area contributed by atoms with E-state index in [1.807, 2.05) is 19.1 Å². The summed E-state index contributed by atoms with van der Waals surface area (Å²) in [5.41, 5.74) is -0.0428. The van der Waals surface area contributed by atoms with Crippen LogP contribution in [0.5, 0.6) is 5.75 Å². The van der Waals surface area contributed by atoms with Crippen molar-refractivity contribution in [2.45, 2.75) is 38.3 Å². The SMILES string of the molecule is COc1ccc(N2C(=O)C(C)(C3CC3)NC(=O)C2C)cc1. The van der Waals surface area contributed by atoms with E-state index in [0.29, 0.717) is 0 Å². The van der Waals surface area contributed by atoms with Crippen LogP contribution in [0.3, 0.4) is 0 Å². The van der Waals surface area contributed by atoms with Gasteiger partial charge in [0.05, 0.1) is 7.11 Å². The van der Waals surface area contributed by atoms with Gasteiger partial charge in [-0.1, -0.05) is 0 Å². The molecule has 3 rings (SSSR count). The van der Waals surface area contributed by atoms with Crippen molar-refractivity contribution >= 4 is 17.5 Å². The number of ether oxygens (including phenoxy) is 1. The molecule has 5 nitrogen and oxygen atoms in total. The molecular formula is C16H20N2O3. The molecule has 0 radical (unpaired) electrons. The Labute approximate surface area is 124 Å². The van der Waals surface area contributed by atoms with E-state index >= 15 is 0 Å². The fraction of sp³-hybridized carbons (Fsp3) is 0.500. The average molecular weight is 288 g/mol. The highest BCUT2D eigenvalue weighted by atomic mass is 16.5. The molecule has 1 aromatic carbocycles. The van der Waals surface area contributed by atoms with E-state index in [2.05, 4.69) is 5.32 Å². The summed E-state index contributed by atoms with van der Waals surface area (Å²) in [4.78, 5) is 26.8. The molecule has 21 heavy (non-hydrogen) atoms. The van der Waals surface area contributed by atoms with E-state index in [9.17, 15) is 9.59 Å². The van der Waals surface area contributed by atoms with Gasteiger partial charge in [0.15, 0.2) is 0 Å². The molecule has 112 valence electrons. The normalized spacial score (nSPS) is 29.3. The first-order valence-electron chi connectivity index (χ1n) is 7.27. The summed E-state index contributed by atoms with van der Waals surface area (Å²) in [7, 11) is 1.60. The summed E-state index contributed by atoms with van der Waals surface area (Å²) >= 11 is 0. The van der Waals surface area contributed by atoms with Crippen molar-refractivity contribution in [3.05, 3.63) is 24.3 Å². The number of nitrogens with zero attached hydrogens (tertiary/aromatic N) is 1. The molecule has 2 atom stereocenters. The Morgan fingerprint density at radius 1 is 1.24 bits per heavy atom. The first kappa shape index (κ1) is 13.9. The molecule has 1 saturated heterocycles. The zero-order chi connectivity index (χ0) is 15.2. The van der Waals surface area contributed by atoms with Crippen LogP contribution in [-0.2, 0) is 9.59 Å². The van der Waals surface area contributed by atoms with Crippen LogP contribution >= 0.6 is 0 Å². The number of amides is 2. The van der Waals surface area contributed by atoms with Gasteiger partial charge in [0, 0.05) is 5.69 Å². The van der Waals surface area contributed by atoms with Crippen LogP contribution in [0.1, 0.15) is 26.7 Å². The van der Waals surface area contributed by atoms with E-state index in [1.165, 1.54) is 0 Å². The number of hydrogen-bond acceptors (Lipinski definition) is 3. The highest BCUT2D eigenvalue weighted by Crippen LogP contribution is 2.43. The van der Waals surface area contributed by atoms with Crippen LogP contribution < -0.4 is 15.0 Å². The highest BCUT2D eigenvalue weighted by molar-refractivity contribution is 6.10. The summed E-state index contributed by atoms with van der Waals surface area (Å²) in [6.07, 6.45) is 1.99. The summed E-state index contributed by atoms with van der Waals surface area (Å²) in [6.45, 7) is 3.59. The Morgan fingerprint density at radius 2 is 1.86 bits per heavy atom. The predicted molar refractivity (Wildman–Crippen MR) is 79.2 cm³/mol. The van der Waals surface area contributed by atoms with Gasteiger partial charge in [-0.2, -0.15) is 0 Å². The lowest BCUT2D eigenvalue weighted by molar-refractivity contribution is -0.138. The summed E-state index contributed by atoms with van der Waals surface area (Å²) in [5, 5.41) is 2.92. The fourth-order valence-corrected chi connectivity index (χ4v) is 2.98. The second kappa shape index (κ2) is 4.76. The van der Waals surface area contributed by atoms with Crippen LogP contribution in [-0.4, -0.2) is 30.5 Å². The molecule has 1 saturated carbocycles. The van der Waals surface area contributed by atoms with Gasteiger partial charge >= 0.3 is 0 Å². The van der Waals surface area contributed by atoms with Gasteiger partial charge in [-0.05, 0) is 56.9 Å². The standard InChI is InChI=1S/C16H20N2O3/c1-10-14(19)17-16(2,11-4-5-11)15(20)18(10)12-6-8-13(21-3)9-7-12/h6-11H,4-5H2,1-3H3,(H,17,19). The van der Waals surface area contributed by atoms with E-state index in [0.717, 1.165) is 24.3 Å². The number of rotatable bonds is 3. The number of anilines is 1. The second-order valence-corrected chi connectivity index (χ2v) is 6.02. The molecule has 0 spiro atoms. The zero-order valence-corrected chi connectivity index (χ0v) is 12.6. The third kappa shape index (κ3) is 2.17. The smallest absolute Gasteiger partial charge is 0.253 e. The Hall–Kier alpha value is -2.04. The van der Waals surface area contributed by atoms with Crippen LogP contribution in [0.2, 0.25) is 0 Å². The van der Waals surface area contributed by atoms with E-state index < -0.39 is 11.6 Å². The third-order valence-electron chi connectivity index (χ3n) is 4.56. The van der Waals surface area contributed by atoms with Crippen molar-refractivity contribution in [3.8, 4) is 5.75 Å². The number of carbonyl (C=O) groups excluding carboxylic acids is 2. The maximum Gasteiger partial charge on any atom is 0.253 e. The predicted octanol–water partition coefficient (Wildman–Crippen LogP) is 1.72. The first-order valence-corrected chi connectivity index (χ1v) is 7.27. The van der Waals surface area contributed by atoms with Crippen LogP contribution in [0.4, 0.5) is 5.69 Å². The largest absolute Gasteiger partial charge is 0.497 e. The molecule has 1 heterocycles. The Balaban J connectivity index is 1.97. The van der Waals surface area contributed by atoms with Crippen LogP contribution in [0.25, 0.3) is 0 Å². The third-order valence-corrected chi connectivity index (χ3v) is 4.56. The minimum Gasteiger partial charge on any atom is -0.497 e. The number of piperazine rings is 1. The van der Waals surface area contributed by atoms with Gasteiger partial charge in [-0.3, -0.25) is 14.5 Å². The summed E-state index contributed by atoms with van der Waals surface area (Å²) in [5.74, 6) is 0.856. The van der Waals surface area contributed by atoms with Gasteiger partial charge in [0.25, 0.3) is 5.91 Å². The fourth-order valence-electron chi connectivity index (χ4n) is 2.98. The number of methoxy groups -OCH3 is 1. The number of benzene rings is 1. The van der Waals surface area contributed by atoms with Gasteiger partial charge < -0.3 is 10.1 Å². The number of nitrogens with one attached hydrogen (secondary N) is 1. The lowest BCUT2D eigenvalue weighted by atomic mass is 9.89. The Morgan fingerprint density at radius 3 is 2.38 bits per heavy atom. The van der Waals surface area contributed by atoms with Gasteiger partial charge in [0.2, 0.25) is 5.91 Å². The average Bonchev–Trinajstić information content (AvgIpc) is 3.31. The lowest BCUT2D eigenvalue weighted by Crippen LogP contribution is -2.69. The van der Waals surface area contributed by atoms with Crippen molar-refractivity contribution in [1.82, 2.24) is 5.32 Å². The molecule has 1 N–H and O–H groups in total. The van der Waals surface area contributed by atoms with Crippen molar-refractivity contribution in [1.29, 1.82) is 0 Å². The molecule has 2 amide bonds. The van der Waals surface area contributed by atoms with Gasteiger partial charge in [-0.15, -0.1) is 0 Å². The maximum atomic E-state index is 12.9. The Kier molecular flexibility index (Phi) is 3.15. The second-order valence-electron chi connectivity index (χ2n) is 6.02. The van der Waals surface area contributed by atoms with E-state index in [1.54, 1.807) is 31.1 Å².